The van der Waals surface area contributed by atoms with Gasteiger partial charge < -0.3 is 23.8 Å². The molecule has 2 aromatic rings. The van der Waals surface area contributed by atoms with Gasteiger partial charge in [0, 0.05) is 6.54 Å². The first-order valence-corrected chi connectivity index (χ1v) is 11.0. The van der Waals surface area contributed by atoms with Gasteiger partial charge in [-0.1, -0.05) is 25.1 Å². The summed E-state index contributed by atoms with van der Waals surface area (Å²) in [5, 5.41) is 10.1. The largest absolute Gasteiger partial charge is 0.493 e. The molecule has 0 aliphatic carbocycles. The average molecular weight is 441 g/mol. The molecule has 1 atom stereocenters. The molecular formula is C26H36N2O4. The predicted molar refractivity (Wildman–Crippen MR) is 127 cm³/mol. The summed E-state index contributed by atoms with van der Waals surface area (Å²) in [5.41, 5.74) is 1.56. The number of ether oxygens (including phenoxy) is 4. The monoisotopic (exact) mass is 440 g/mol. The molecule has 2 aromatic carbocycles. The molecule has 0 spiro atoms. The minimum Gasteiger partial charge on any atom is -0.493 e. The maximum absolute atomic E-state index is 10.1. The molecule has 32 heavy (non-hydrogen) atoms. The Kier molecular flexibility index (Phi) is 9.67. The summed E-state index contributed by atoms with van der Waals surface area (Å²) in [6, 6.07) is 14.3. The van der Waals surface area contributed by atoms with Crippen molar-refractivity contribution in [2.45, 2.75) is 38.0 Å². The zero-order valence-corrected chi connectivity index (χ0v) is 20.2. The Bertz CT molecular complexity index is 909. The van der Waals surface area contributed by atoms with E-state index in [9.17, 15) is 5.26 Å². The zero-order chi connectivity index (χ0) is 23.6. The molecular weight excluding hydrogens is 404 g/mol. The van der Waals surface area contributed by atoms with E-state index in [1.165, 1.54) is 0 Å². The van der Waals surface area contributed by atoms with Crippen LogP contribution in [0.25, 0.3) is 0 Å². The SMILES string of the molecule is CC[C@](C#N)(CCCN(C)CCc1cccc(OC)c1OC)c1ccc(OC)c(OC)c1. The van der Waals surface area contributed by atoms with Crippen LogP contribution < -0.4 is 18.9 Å². The number of likely N-dealkylation sites (N-methyl/N-ethyl adjacent to an activating group) is 1. The fourth-order valence-electron chi connectivity index (χ4n) is 4.08. The van der Waals surface area contributed by atoms with Crippen molar-refractivity contribution in [2.24, 2.45) is 0 Å². The molecule has 0 heterocycles. The van der Waals surface area contributed by atoms with Gasteiger partial charge in [-0.2, -0.15) is 5.26 Å². The van der Waals surface area contributed by atoms with E-state index in [-0.39, 0.29) is 0 Å². The lowest BCUT2D eigenvalue weighted by atomic mass is 9.75. The third-order valence-corrected chi connectivity index (χ3v) is 6.14. The number of rotatable bonds is 13. The van der Waals surface area contributed by atoms with E-state index in [1.54, 1.807) is 28.4 Å². The molecule has 6 nitrogen and oxygen atoms in total. The van der Waals surface area contributed by atoms with Crippen molar-refractivity contribution in [3.8, 4) is 29.1 Å². The minimum absolute atomic E-state index is 0.545. The highest BCUT2D eigenvalue weighted by molar-refractivity contribution is 5.47. The lowest BCUT2D eigenvalue weighted by Crippen LogP contribution is -2.27. The van der Waals surface area contributed by atoms with Crippen LogP contribution in [0, 0.1) is 11.3 Å². The fraction of sp³-hybridized carbons (Fsp3) is 0.500. The van der Waals surface area contributed by atoms with Gasteiger partial charge >= 0.3 is 0 Å². The van der Waals surface area contributed by atoms with Crippen LogP contribution in [0.15, 0.2) is 36.4 Å². The summed E-state index contributed by atoms with van der Waals surface area (Å²) < 4.78 is 21.7. The van der Waals surface area contributed by atoms with E-state index in [0.29, 0.717) is 11.5 Å². The van der Waals surface area contributed by atoms with Gasteiger partial charge in [0.1, 0.15) is 0 Å². The molecule has 0 saturated heterocycles. The number of methoxy groups -OCH3 is 4. The average Bonchev–Trinajstić information content (AvgIpc) is 2.84. The molecule has 0 amide bonds. The van der Waals surface area contributed by atoms with Crippen molar-refractivity contribution in [1.82, 2.24) is 4.90 Å². The normalized spacial score (nSPS) is 12.7. The summed E-state index contributed by atoms with van der Waals surface area (Å²) in [4.78, 5) is 2.30. The van der Waals surface area contributed by atoms with E-state index >= 15 is 0 Å². The van der Waals surface area contributed by atoms with Crippen LogP contribution in [-0.4, -0.2) is 53.5 Å². The van der Waals surface area contributed by atoms with Crippen molar-refractivity contribution >= 4 is 0 Å². The van der Waals surface area contributed by atoms with E-state index in [0.717, 1.165) is 61.4 Å². The number of hydrogen-bond acceptors (Lipinski definition) is 6. The highest BCUT2D eigenvalue weighted by Crippen LogP contribution is 2.38. The Morgan fingerprint density at radius 1 is 0.906 bits per heavy atom. The lowest BCUT2D eigenvalue weighted by molar-refractivity contribution is 0.309. The number of hydrogen-bond donors (Lipinski definition) is 0. The first kappa shape index (κ1) is 25.4. The van der Waals surface area contributed by atoms with Crippen LogP contribution in [0.1, 0.15) is 37.3 Å². The first-order valence-electron chi connectivity index (χ1n) is 11.0. The Labute approximate surface area is 192 Å². The maximum atomic E-state index is 10.1. The fourth-order valence-corrected chi connectivity index (χ4v) is 4.08. The quantitative estimate of drug-likeness (QED) is 0.444. The number of para-hydroxylation sites is 1. The molecule has 2 rings (SSSR count). The first-order chi connectivity index (χ1) is 15.5. The van der Waals surface area contributed by atoms with Crippen LogP contribution in [0.3, 0.4) is 0 Å². The number of benzene rings is 2. The lowest BCUT2D eigenvalue weighted by Gasteiger charge is -2.28. The van der Waals surface area contributed by atoms with Gasteiger partial charge in [-0.3, -0.25) is 0 Å². The van der Waals surface area contributed by atoms with Crippen molar-refractivity contribution in [2.75, 3.05) is 48.6 Å². The molecule has 6 heteroatoms. The summed E-state index contributed by atoms with van der Waals surface area (Å²) in [7, 11) is 8.68. The third-order valence-electron chi connectivity index (χ3n) is 6.14. The third kappa shape index (κ3) is 5.86. The van der Waals surface area contributed by atoms with E-state index in [4.69, 9.17) is 18.9 Å². The smallest absolute Gasteiger partial charge is 0.163 e. The van der Waals surface area contributed by atoms with Crippen molar-refractivity contribution in [3.63, 3.8) is 0 Å². The van der Waals surface area contributed by atoms with Crippen LogP contribution in [-0.2, 0) is 11.8 Å². The Morgan fingerprint density at radius 3 is 2.22 bits per heavy atom. The number of nitrogens with zero attached hydrogens (tertiary/aromatic N) is 2. The number of nitriles is 1. The van der Waals surface area contributed by atoms with Gasteiger partial charge in [0.2, 0.25) is 0 Å². The van der Waals surface area contributed by atoms with Crippen molar-refractivity contribution in [3.05, 3.63) is 47.5 Å². The van der Waals surface area contributed by atoms with Gasteiger partial charge in [0.05, 0.1) is 39.9 Å². The molecule has 0 aliphatic rings. The molecule has 0 N–H and O–H groups in total. The van der Waals surface area contributed by atoms with Crippen molar-refractivity contribution in [1.29, 1.82) is 5.26 Å². The van der Waals surface area contributed by atoms with Crippen molar-refractivity contribution < 1.29 is 18.9 Å². The Balaban J connectivity index is 2.00. The van der Waals surface area contributed by atoms with Gasteiger partial charge in [0.15, 0.2) is 23.0 Å². The van der Waals surface area contributed by atoms with E-state index < -0.39 is 5.41 Å². The summed E-state index contributed by atoms with van der Waals surface area (Å²) in [5.74, 6) is 2.88. The highest BCUT2D eigenvalue weighted by atomic mass is 16.5. The standard InChI is InChI=1S/C26H36N2O4/c1-7-26(19-27,21-12-13-22(29-3)24(18-21)31-5)15-9-16-28(2)17-14-20-10-8-11-23(30-4)25(20)32-6/h8,10-13,18H,7,9,14-17H2,1-6H3/t26-/m1/s1. The van der Waals surface area contributed by atoms with Gasteiger partial charge in [-0.25, -0.2) is 0 Å². The maximum Gasteiger partial charge on any atom is 0.163 e. The van der Waals surface area contributed by atoms with Crippen LogP contribution in [0.5, 0.6) is 23.0 Å². The predicted octanol–water partition coefficient (Wildman–Crippen LogP) is 4.85. The summed E-state index contributed by atoms with van der Waals surface area (Å²) in [6.07, 6.45) is 3.30. The molecule has 0 aliphatic heterocycles. The summed E-state index contributed by atoms with van der Waals surface area (Å²) >= 11 is 0. The molecule has 0 saturated carbocycles. The Morgan fingerprint density at radius 2 is 1.62 bits per heavy atom. The Hall–Kier alpha value is -2.91. The zero-order valence-electron chi connectivity index (χ0n) is 20.2. The van der Waals surface area contributed by atoms with Crippen LogP contribution in [0.4, 0.5) is 0 Å². The van der Waals surface area contributed by atoms with Gasteiger partial charge in [-0.15, -0.1) is 0 Å². The molecule has 0 fully saturated rings. The second-order valence-corrected chi connectivity index (χ2v) is 7.93. The van der Waals surface area contributed by atoms with Crippen LogP contribution >= 0.6 is 0 Å². The second kappa shape index (κ2) is 12.2. The topological polar surface area (TPSA) is 64.0 Å². The molecule has 0 bridgehead atoms. The highest BCUT2D eigenvalue weighted by Gasteiger charge is 2.31. The molecule has 0 radical (unpaired) electrons. The minimum atomic E-state index is -0.545. The second-order valence-electron chi connectivity index (χ2n) is 7.93. The molecule has 174 valence electrons. The molecule has 0 unspecified atom stereocenters. The van der Waals surface area contributed by atoms with E-state index in [2.05, 4.69) is 31.0 Å². The molecule has 0 aromatic heterocycles. The van der Waals surface area contributed by atoms with E-state index in [1.807, 2.05) is 30.3 Å². The van der Waals surface area contributed by atoms with Gasteiger partial charge in [0.25, 0.3) is 0 Å². The van der Waals surface area contributed by atoms with Crippen LogP contribution in [0.2, 0.25) is 0 Å². The van der Waals surface area contributed by atoms with Gasteiger partial charge in [-0.05, 0) is 68.6 Å². The summed E-state index contributed by atoms with van der Waals surface area (Å²) in [6.45, 7) is 3.87.